The molecule has 8 heteroatoms. The summed E-state index contributed by atoms with van der Waals surface area (Å²) in [6.07, 6.45) is -2.77. The number of carbonyl (C=O) groups is 2. The summed E-state index contributed by atoms with van der Waals surface area (Å²) in [5, 5.41) is 2.88. The molecule has 1 fully saturated rings. The molecule has 28 heavy (non-hydrogen) atoms. The molecule has 0 spiro atoms. The molecule has 0 saturated heterocycles. The lowest BCUT2D eigenvalue weighted by Crippen LogP contribution is -2.33. The van der Waals surface area contributed by atoms with Gasteiger partial charge in [0.05, 0.1) is 11.6 Å². The van der Waals surface area contributed by atoms with Crippen molar-refractivity contribution in [1.29, 1.82) is 0 Å². The maximum Gasteiger partial charge on any atom is 0.573 e. The van der Waals surface area contributed by atoms with Crippen molar-refractivity contribution in [3.8, 4) is 5.75 Å². The Kier molecular flexibility index (Phi) is 5.87. The van der Waals surface area contributed by atoms with Crippen molar-refractivity contribution in [3.05, 3.63) is 65.7 Å². The van der Waals surface area contributed by atoms with Crippen molar-refractivity contribution in [1.82, 2.24) is 5.32 Å². The Hall–Kier alpha value is -3.03. The fraction of sp³-hybridized carbons (Fsp3) is 0.300. The molecule has 1 saturated carbocycles. The molecular formula is C20H18F3NO4. The van der Waals surface area contributed by atoms with Crippen molar-refractivity contribution >= 4 is 11.9 Å². The quantitative estimate of drug-likeness (QED) is 0.722. The van der Waals surface area contributed by atoms with Crippen LogP contribution in [0, 0.1) is 5.92 Å². The molecule has 2 aromatic rings. The summed E-state index contributed by atoms with van der Waals surface area (Å²) in [7, 11) is 0. The number of hydrogen-bond donors (Lipinski definition) is 1. The van der Waals surface area contributed by atoms with Crippen LogP contribution in [0.1, 0.15) is 34.8 Å². The van der Waals surface area contributed by atoms with Gasteiger partial charge in [0.1, 0.15) is 5.75 Å². The summed E-state index contributed by atoms with van der Waals surface area (Å²) < 4.78 is 45.1. The molecule has 0 radical (unpaired) electrons. The summed E-state index contributed by atoms with van der Waals surface area (Å²) >= 11 is 0. The van der Waals surface area contributed by atoms with E-state index in [1.54, 1.807) is 0 Å². The van der Waals surface area contributed by atoms with Gasteiger partial charge in [0.2, 0.25) is 0 Å². The van der Waals surface area contributed by atoms with Crippen LogP contribution < -0.4 is 10.1 Å². The zero-order valence-electron chi connectivity index (χ0n) is 14.7. The van der Waals surface area contributed by atoms with Gasteiger partial charge in [0, 0.05) is 0 Å². The average molecular weight is 393 g/mol. The minimum absolute atomic E-state index is 0.0177. The van der Waals surface area contributed by atoms with Gasteiger partial charge in [-0.15, -0.1) is 13.2 Å². The number of ether oxygens (including phenoxy) is 2. The largest absolute Gasteiger partial charge is 0.573 e. The predicted octanol–water partition coefficient (Wildman–Crippen LogP) is 4.01. The number of nitrogens with one attached hydrogen (secondary N) is 1. The van der Waals surface area contributed by atoms with Crippen LogP contribution in [0.4, 0.5) is 13.2 Å². The van der Waals surface area contributed by atoms with E-state index in [0.717, 1.165) is 42.7 Å². The van der Waals surface area contributed by atoms with Gasteiger partial charge >= 0.3 is 12.3 Å². The molecule has 0 bridgehead atoms. The van der Waals surface area contributed by atoms with E-state index in [0.29, 0.717) is 5.92 Å². The second-order valence-electron chi connectivity index (χ2n) is 6.44. The molecule has 1 atom stereocenters. The number of hydrogen-bond acceptors (Lipinski definition) is 4. The van der Waals surface area contributed by atoms with Crippen LogP contribution in [0.5, 0.6) is 5.75 Å². The SMILES string of the molecule is O=C(COC(=O)c1ccc(OC(F)(F)F)cc1)NC(c1ccccc1)C1CC1. The number of benzene rings is 2. The van der Waals surface area contributed by atoms with E-state index < -0.39 is 30.6 Å². The monoisotopic (exact) mass is 393 g/mol. The van der Waals surface area contributed by atoms with Crippen molar-refractivity contribution < 1.29 is 32.2 Å². The number of alkyl halides is 3. The highest BCUT2D eigenvalue weighted by atomic mass is 19.4. The van der Waals surface area contributed by atoms with Crippen LogP contribution in [0.2, 0.25) is 0 Å². The molecule has 3 rings (SSSR count). The summed E-state index contributed by atoms with van der Waals surface area (Å²) in [6, 6.07) is 13.7. The van der Waals surface area contributed by atoms with E-state index in [9.17, 15) is 22.8 Å². The van der Waals surface area contributed by atoms with Crippen LogP contribution in [0.25, 0.3) is 0 Å². The maximum absolute atomic E-state index is 12.2. The highest BCUT2D eigenvalue weighted by molar-refractivity contribution is 5.91. The van der Waals surface area contributed by atoms with Crippen molar-refractivity contribution in [3.63, 3.8) is 0 Å². The normalized spacial score (nSPS) is 14.8. The number of amides is 1. The predicted molar refractivity (Wildman–Crippen MR) is 93.5 cm³/mol. The van der Waals surface area contributed by atoms with Gasteiger partial charge in [-0.25, -0.2) is 4.79 Å². The van der Waals surface area contributed by atoms with Crippen LogP contribution in [0.3, 0.4) is 0 Å². The van der Waals surface area contributed by atoms with Gasteiger partial charge in [-0.2, -0.15) is 0 Å². The molecule has 1 unspecified atom stereocenters. The molecule has 1 aliphatic rings. The summed E-state index contributed by atoms with van der Waals surface area (Å²) in [5.41, 5.74) is 1.01. The Morgan fingerprint density at radius 3 is 2.25 bits per heavy atom. The second-order valence-corrected chi connectivity index (χ2v) is 6.44. The Balaban J connectivity index is 1.52. The molecule has 1 amide bonds. The lowest BCUT2D eigenvalue weighted by atomic mass is 10.0. The second kappa shape index (κ2) is 8.33. The Morgan fingerprint density at radius 2 is 1.68 bits per heavy atom. The minimum Gasteiger partial charge on any atom is -0.452 e. The zero-order valence-corrected chi connectivity index (χ0v) is 14.7. The van der Waals surface area contributed by atoms with E-state index in [4.69, 9.17) is 4.74 Å². The highest BCUT2D eigenvalue weighted by Crippen LogP contribution is 2.40. The zero-order chi connectivity index (χ0) is 20.1. The minimum atomic E-state index is -4.81. The number of carbonyl (C=O) groups excluding carboxylic acids is 2. The summed E-state index contributed by atoms with van der Waals surface area (Å²) in [4.78, 5) is 24.2. The molecule has 0 heterocycles. The Morgan fingerprint density at radius 1 is 1.04 bits per heavy atom. The molecule has 1 aliphatic carbocycles. The standard InChI is InChI=1S/C20H18F3NO4/c21-20(22,23)28-16-10-8-15(9-11-16)19(26)27-12-17(25)24-18(14-6-7-14)13-4-2-1-3-5-13/h1-5,8-11,14,18H,6-7,12H2,(H,24,25). The maximum atomic E-state index is 12.2. The molecule has 148 valence electrons. The molecule has 5 nitrogen and oxygen atoms in total. The molecular weight excluding hydrogens is 375 g/mol. The van der Waals surface area contributed by atoms with Gasteiger partial charge in [0.15, 0.2) is 6.61 Å². The topological polar surface area (TPSA) is 64.6 Å². The van der Waals surface area contributed by atoms with Crippen LogP contribution in [-0.4, -0.2) is 24.8 Å². The molecule has 0 aliphatic heterocycles. The summed E-state index contributed by atoms with van der Waals surface area (Å²) in [6.45, 7) is -0.476. The molecule has 2 aromatic carbocycles. The molecule has 0 aromatic heterocycles. The van der Waals surface area contributed by atoms with E-state index in [2.05, 4.69) is 10.1 Å². The van der Waals surface area contributed by atoms with E-state index >= 15 is 0 Å². The van der Waals surface area contributed by atoms with Crippen LogP contribution in [0.15, 0.2) is 54.6 Å². The van der Waals surface area contributed by atoms with Gasteiger partial charge in [-0.05, 0) is 48.6 Å². The average Bonchev–Trinajstić information content (AvgIpc) is 3.49. The number of rotatable bonds is 7. The van der Waals surface area contributed by atoms with E-state index in [-0.39, 0.29) is 11.6 Å². The van der Waals surface area contributed by atoms with E-state index in [1.165, 1.54) is 0 Å². The number of esters is 1. The fourth-order valence-electron chi connectivity index (χ4n) is 2.79. The highest BCUT2D eigenvalue weighted by Gasteiger charge is 2.33. The van der Waals surface area contributed by atoms with Crippen molar-refractivity contribution in [2.45, 2.75) is 25.2 Å². The third kappa shape index (κ3) is 5.73. The first-order valence-electron chi connectivity index (χ1n) is 8.69. The fourth-order valence-corrected chi connectivity index (χ4v) is 2.79. The smallest absolute Gasteiger partial charge is 0.452 e. The van der Waals surface area contributed by atoms with Crippen molar-refractivity contribution in [2.75, 3.05) is 6.61 Å². The molecule has 1 N–H and O–H groups in total. The third-order valence-electron chi connectivity index (χ3n) is 4.23. The van der Waals surface area contributed by atoms with Gasteiger partial charge in [0.25, 0.3) is 5.91 Å². The Bertz CT molecular complexity index is 818. The first-order chi connectivity index (χ1) is 13.3. The lowest BCUT2D eigenvalue weighted by Gasteiger charge is -2.18. The van der Waals surface area contributed by atoms with Crippen molar-refractivity contribution in [2.24, 2.45) is 5.92 Å². The first-order valence-corrected chi connectivity index (χ1v) is 8.69. The Labute approximate surface area is 159 Å². The lowest BCUT2D eigenvalue weighted by molar-refractivity contribution is -0.274. The van der Waals surface area contributed by atoms with Gasteiger partial charge < -0.3 is 14.8 Å². The van der Waals surface area contributed by atoms with E-state index in [1.807, 2.05) is 30.3 Å². The van der Waals surface area contributed by atoms with Crippen LogP contribution >= 0.6 is 0 Å². The first kappa shape index (κ1) is 19.7. The van der Waals surface area contributed by atoms with Crippen LogP contribution in [-0.2, 0) is 9.53 Å². The van der Waals surface area contributed by atoms with Gasteiger partial charge in [-0.3, -0.25) is 4.79 Å². The number of halogens is 3. The third-order valence-corrected chi connectivity index (χ3v) is 4.23. The van der Waals surface area contributed by atoms with Gasteiger partial charge in [-0.1, -0.05) is 30.3 Å². The summed E-state index contributed by atoms with van der Waals surface area (Å²) in [5.74, 6) is -1.33.